The van der Waals surface area contributed by atoms with Crippen LogP contribution in [0, 0.1) is 17.5 Å². The summed E-state index contributed by atoms with van der Waals surface area (Å²) in [5.41, 5.74) is 0.545. The fourth-order valence-electron chi connectivity index (χ4n) is 3.27. The quantitative estimate of drug-likeness (QED) is 0.469. The number of carboxylic acids is 1. The van der Waals surface area contributed by atoms with Crippen LogP contribution in [0.15, 0.2) is 84.4 Å². The third-order valence-corrected chi connectivity index (χ3v) is 4.67. The van der Waals surface area contributed by atoms with E-state index in [1.165, 1.54) is 85.8 Å². The van der Waals surface area contributed by atoms with Crippen LogP contribution in [0.1, 0.15) is 23.6 Å². The Hall–Kier alpha value is -3.34. The Labute approximate surface area is 160 Å². The molecule has 0 amide bonds. The smallest absolute Gasteiger partial charge is 0.330 e. The first-order chi connectivity index (χ1) is 13.3. The lowest BCUT2D eigenvalue weighted by Crippen LogP contribution is -2.28. The van der Waals surface area contributed by atoms with Crippen molar-refractivity contribution in [1.82, 2.24) is 0 Å². The molecule has 0 saturated carbocycles. The highest BCUT2D eigenvalue weighted by Crippen LogP contribution is 2.41. The van der Waals surface area contributed by atoms with Crippen LogP contribution in [0.2, 0.25) is 0 Å². The van der Waals surface area contributed by atoms with Gasteiger partial charge in [0.2, 0.25) is 0 Å². The molecule has 0 heterocycles. The molecule has 0 aromatic heterocycles. The van der Waals surface area contributed by atoms with Crippen molar-refractivity contribution in [2.75, 3.05) is 0 Å². The lowest BCUT2D eigenvalue weighted by molar-refractivity contribution is -0.132. The van der Waals surface area contributed by atoms with Crippen molar-refractivity contribution >= 4 is 5.97 Å². The zero-order chi connectivity index (χ0) is 20.3. The van der Waals surface area contributed by atoms with Crippen LogP contribution in [-0.4, -0.2) is 11.1 Å². The van der Waals surface area contributed by atoms with E-state index in [1.807, 2.05) is 0 Å². The van der Waals surface area contributed by atoms with Gasteiger partial charge in [0.1, 0.15) is 17.5 Å². The lowest BCUT2D eigenvalue weighted by Gasteiger charge is -2.33. The zero-order valence-corrected chi connectivity index (χ0v) is 15.0. The van der Waals surface area contributed by atoms with Crippen LogP contribution in [-0.2, 0) is 10.2 Å². The molecule has 0 aliphatic carbocycles. The van der Waals surface area contributed by atoms with E-state index in [1.54, 1.807) is 0 Å². The summed E-state index contributed by atoms with van der Waals surface area (Å²) in [6, 6.07) is 16.8. The van der Waals surface area contributed by atoms with E-state index in [-0.39, 0.29) is 5.57 Å². The minimum atomic E-state index is -1.18. The van der Waals surface area contributed by atoms with Crippen LogP contribution in [0.4, 0.5) is 13.2 Å². The number of carbonyl (C=O) groups is 1. The van der Waals surface area contributed by atoms with E-state index in [4.69, 9.17) is 0 Å². The van der Waals surface area contributed by atoms with E-state index in [0.29, 0.717) is 16.7 Å². The molecule has 0 bridgehead atoms. The summed E-state index contributed by atoms with van der Waals surface area (Å²) in [7, 11) is 0. The molecular formula is C23H17F3O2. The van der Waals surface area contributed by atoms with Crippen LogP contribution in [0.3, 0.4) is 0 Å². The number of benzene rings is 3. The van der Waals surface area contributed by atoms with Crippen molar-refractivity contribution in [1.29, 1.82) is 0 Å². The predicted molar refractivity (Wildman–Crippen MR) is 100 cm³/mol. The van der Waals surface area contributed by atoms with Crippen molar-refractivity contribution in [3.8, 4) is 0 Å². The second-order valence-corrected chi connectivity index (χ2v) is 6.46. The van der Waals surface area contributed by atoms with E-state index >= 15 is 0 Å². The average Bonchev–Trinajstić information content (AvgIpc) is 2.68. The van der Waals surface area contributed by atoms with Crippen molar-refractivity contribution in [3.05, 3.63) is 119 Å². The number of hydrogen-bond acceptors (Lipinski definition) is 1. The van der Waals surface area contributed by atoms with E-state index in [9.17, 15) is 23.1 Å². The molecule has 2 nitrogen and oxygen atoms in total. The fourth-order valence-corrected chi connectivity index (χ4v) is 3.27. The van der Waals surface area contributed by atoms with Gasteiger partial charge < -0.3 is 5.11 Å². The SMILES string of the molecule is C/C(=C\C(c1ccc(F)cc1)(c1ccc(F)cc1)c1ccc(F)cc1)C(=O)O. The summed E-state index contributed by atoms with van der Waals surface area (Å²) >= 11 is 0. The van der Waals surface area contributed by atoms with Gasteiger partial charge in [-0.3, -0.25) is 0 Å². The molecule has 0 saturated heterocycles. The molecule has 0 fully saturated rings. The zero-order valence-electron chi connectivity index (χ0n) is 15.0. The molecule has 28 heavy (non-hydrogen) atoms. The predicted octanol–water partition coefficient (Wildman–Crippen LogP) is 5.47. The van der Waals surface area contributed by atoms with Gasteiger partial charge in [-0.15, -0.1) is 0 Å². The van der Waals surface area contributed by atoms with E-state index in [2.05, 4.69) is 0 Å². The first-order valence-electron chi connectivity index (χ1n) is 8.54. The highest BCUT2D eigenvalue weighted by atomic mass is 19.1. The summed E-state index contributed by atoms with van der Waals surface area (Å²) in [5.74, 6) is -2.48. The Morgan fingerprint density at radius 3 is 1.25 bits per heavy atom. The monoisotopic (exact) mass is 382 g/mol. The largest absolute Gasteiger partial charge is 0.478 e. The van der Waals surface area contributed by atoms with Gasteiger partial charge in [0.15, 0.2) is 0 Å². The van der Waals surface area contributed by atoms with Crippen LogP contribution >= 0.6 is 0 Å². The highest BCUT2D eigenvalue weighted by Gasteiger charge is 2.35. The van der Waals surface area contributed by atoms with Gasteiger partial charge in [-0.2, -0.15) is 0 Å². The number of allylic oxidation sites excluding steroid dienone is 1. The Kier molecular flexibility index (Phi) is 5.36. The van der Waals surface area contributed by atoms with Crippen molar-refractivity contribution in [2.45, 2.75) is 12.3 Å². The summed E-state index contributed by atoms with van der Waals surface area (Å²) < 4.78 is 40.7. The van der Waals surface area contributed by atoms with Gasteiger partial charge in [-0.25, -0.2) is 18.0 Å². The molecular weight excluding hydrogens is 365 g/mol. The molecule has 0 aliphatic heterocycles. The van der Waals surface area contributed by atoms with Crippen molar-refractivity contribution in [2.24, 2.45) is 0 Å². The molecule has 0 aliphatic rings. The second-order valence-electron chi connectivity index (χ2n) is 6.46. The topological polar surface area (TPSA) is 37.3 Å². The normalized spacial score (nSPS) is 12.1. The van der Waals surface area contributed by atoms with E-state index in [0.717, 1.165) is 0 Å². The van der Waals surface area contributed by atoms with Crippen LogP contribution in [0.5, 0.6) is 0 Å². The third-order valence-electron chi connectivity index (χ3n) is 4.67. The Balaban J connectivity index is 2.41. The minimum Gasteiger partial charge on any atom is -0.478 e. The standard InChI is InChI=1S/C23H17F3O2/c1-15(22(27)28)14-23(16-2-8-19(24)9-3-16,17-4-10-20(25)11-5-17)18-6-12-21(26)13-7-18/h2-14H,1H3,(H,27,28)/b15-14+. The van der Waals surface area contributed by atoms with Gasteiger partial charge >= 0.3 is 5.97 Å². The first-order valence-corrected chi connectivity index (χ1v) is 8.54. The molecule has 3 aromatic rings. The Morgan fingerprint density at radius 2 is 1.00 bits per heavy atom. The maximum atomic E-state index is 13.6. The summed E-state index contributed by atoms with van der Waals surface area (Å²) in [5, 5.41) is 9.47. The molecule has 3 rings (SSSR count). The fraction of sp³-hybridized carbons (Fsp3) is 0.0870. The van der Waals surface area contributed by atoms with Crippen molar-refractivity contribution < 1.29 is 23.1 Å². The second kappa shape index (κ2) is 7.72. The number of carboxylic acid groups (broad SMARTS) is 1. The first kappa shape index (κ1) is 19.4. The molecule has 3 aromatic carbocycles. The number of hydrogen-bond donors (Lipinski definition) is 1. The minimum absolute atomic E-state index is 0.0398. The van der Waals surface area contributed by atoms with Crippen LogP contribution < -0.4 is 0 Å². The van der Waals surface area contributed by atoms with Crippen LogP contribution in [0.25, 0.3) is 0 Å². The van der Waals surface area contributed by atoms with Gasteiger partial charge in [0.25, 0.3) is 0 Å². The number of rotatable bonds is 5. The lowest BCUT2D eigenvalue weighted by atomic mass is 9.68. The molecule has 0 atom stereocenters. The molecule has 0 spiro atoms. The molecule has 5 heteroatoms. The maximum absolute atomic E-state index is 13.6. The average molecular weight is 382 g/mol. The van der Waals surface area contributed by atoms with Crippen molar-refractivity contribution in [3.63, 3.8) is 0 Å². The van der Waals surface area contributed by atoms with E-state index < -0.39 is 28.8 Å². The van der Waals surface area contributed by atoms with Gasteiger partial charge in [-0.05, 0) is 60.0 Å². The van der Waals surface area contributed by atoms with Gasteiger partial charge in [0, 0.05) is 5.57 Å². The molecule has 142 valence electrons. The Bertz CT molecular complexity index is 894. The summed E-state index contributed by atoms with van der Waals surface area (Å²) in [6.07, 6.45) is 1.52. The maximum Gasteiger partial charge on any atom is 0.330 e. The molecule has 1 N–H and O–H groups in total. The van der Waals surface area contributed by atoms with Gasteiger partial charge in [0.05, 0.1) is 5.41 Å². The Morgan fingerprint density at radius 1 is 0.714 bits per heavy atom. The third kappa shape index (κ3) is 3.69. The number of aliphatic carboxylic acids is 1. The molecule has 0 radical (unpaired) electrons. The summed E-state index contributed by atoms with van der Waals surface area (Å²) in [4.78, 5) is 11.6. The molecule has 0 unspecified atom stereocenters. The summed E-state index contributed by atoms with van der Waals surface area (Å²) in [6.45, 7) is 1.44. The van der Waals surface area contributed by atoms with Gasteiger partial charge in [-0.1, -0.05) is 42.5 Å². The number of halogens is 3. The highest BCUT2D eigenvalue weighted by molar-refractivity contribution is 5.86.